The summed E-state index contributed by atoms with van der Waals surface area (Å²) in [6.45, 7) is 0.618. The van der Waals surface area contributed by atoms with E-state index in [9.17, 15) is 4.79 Å². The van der Waals surface area contributed by atoms with E-state index in [1.54, 1.807) is 0 Å². The van der Waals surface area contributed by atoms with E-state index in [0.717, 1.165) is 17.4 Å². The molecule has 0 bridgehead atoms. The Morgan fingerprint density at radius 3 is 2.71 bits per heavy atom. The number of hydrogen-bond acceptors (Lipinski definition) is 5. The van der Waals surface area contributed by atoms with Crippen LogP contribution in [-0.2, 0) is 18.3 Å². The van der Waals surface area contributed by atoms with Gasteiger partial charge in [0.1, 0.15) is 5.58 Å². The lowest BCUT2D eigenvalue weighted by molar-refractivity contribution is -0.118. The molecule has 6 nitrogen and oxygen atoms in total. The summed E-state index contributed by atoms with van der Waals surface area (Å²) in [4.78, 5) is 12.1. The first kappa shape index (κ1) is 18.3. The number of carbonyl (C=O) groups excluding carboxylic acids is 1. The van der Waals surface area contributed by atoms with Gasteiger partial charge in [-0.1, -0.05) is 60.3 Å². The van der Waals surface area contributed by atoms with Gasteiger partial charge in [0.2, 0.25) is 5.91 Å². The molecule has 0 aliphatic heterocycles. The van der Waals surface area contributed by atoms with Crippen LogP contribution in [0, 0.1) is 0 Å². The number of fused-ring (bicyclic) bond motifs is 1. The SMILES string of the molecule is Cn1c(SCC(=O)NCCc2ccccc2)nnc1-c1cc2ccccc2o1. The number of nitrogens with one attached hydrogen (secondary N) is 1. The van der Waals surface area contributed by atoms with E-state index in [1.807, 2.05) is 60.1 Å². The minimum Gasteiger partial charge on any atom is -0.453 e. The van der Waals surface area contributed by atoms with Crippen molar-refractivity contribution >= 4 is 28.6 Å². The van der Waals surface area contributed by atoms with Crippen LogP contribution in [0.2, 0.25) is 0 Å². The first-order chi connectivity index (χ1) is 13.7. The number of aromatic nitrogens is 3. The molecule has 7 heteroatoms. The second-order valence-electron chi connectivity index (χ2n) is 6.39. The van der Waals surface area contributed by atoms with E-state index in [4.69, 9.17) is 4.42 Å². The molecule has 0 saturated carbocycles. The van der Waals surface area contributed by atoms with Gasteiger partial charge in [-0.05, 0) is 24.1 Å². The highest BCUT2D eigenvalue weighted by Crippen LogP contribution is 2.28. The molecule has 0 fully saturated rings. The van der Waals surface area contributed by atoms with Gasteiger partial charge in [0, 0.05) is 19.0 Å². The lowest BCUT2D eigenvalue weighted by Gasteiger charge is -2.05. The maximum atomic E-state index is 12.1. The summed E-state index contributed by atoms with van der Waals surface area (Å²) in [5, 5.41) is 13.1. The zero-order chi connectivity index (χ0) is 19.3. The van der Waals surface area contributed by atoms with Crippen molar-refractivity contribution in [3.8, 4) is 11.6 Å². The van der Waals surface area contributed by atoms with E-state index in [-0.39, 0.29) is 5.91 Å². The van der Waals surface area contributed by atoms with Crippen molar-refractivity contribution in [2.24, 2.45) is 7.05 Å². The molecular weight excluding hydrogens is 372 g/mol. The Labute approximate surface area is 167 Å². The smallest absolute Gasteiger partial charge is 0.230 e. The lowest BCUT2D eigenvalue weighted by Crippen LogP contribution is -2.27. The van der Waals surface area contributed by atoms with Gasteiger partial charge in [0.05, 0.1) is 5.75 Å². The minimum atomic E-state index is -0.0192. The van der Waals surface area contributed by atoms with Crippen molar-refractivity contribution in [2.75, 3.05) is 12.3 Å². The average molecular weight is 392 g/mol. The number of nitrogens with zero attached hydrogens (tertiary/aromatic N) is 3. The molecule has 142 valence electrons. The van der Waals surface area contributed by atoms with Gasteiger partial charge in [-0.25, -0.2) is 0 Å². The molecule has 1 amide bonds. The quantitative estimate of drug-likeness (QED) is 0.486. The summed E-state index contributed by atoms with van der Waals surface area (Å²) >= 11 is 1.36. The van der Waals surface area contributed by atoms with Crippen molar-refractivity contribution in [3.63, 3.8) is 0 Å². The van der Waals surface area contributed by atoms with Gasteiger partial charge in [0.25, 0.3) is 0 Å². The fraction of sp³-hybridized carbons (Fsp3) is 0.190. The van der Waals surface area contributed by atoms with Crippen molar-refractivity contribution in [1.29, 1.82) is 0 Å². The molecule has 4 rings (SSSR count). The Morgan fingerprint density at radius 2 is 1.89 bits per heavy atom. The summed E-state index contributed by atoms with van der Waals surface area (Å²) in [7, 11) is 1.87. The van der Waals surface area contributed by atoms with Crippen molar-refractivity contribution in [2.45, 2.75) is 11.6 Å². The maximum absolute atomic E-state index is 12.1. The topological polar surface area (TPSA) is 73.0 Å². The number of furan rings is 1. The highest BCUT2D eigenvalue weighted by molar-refractivity contribution is 7.99. The molecule has 2 aromatic heterocycles. The van der Waals surface area contributed by atoms with Crippen molar-refractivity contribution < 1.29 is 9.21 Å². The van der Waals surface area contributed by atoms with Crippen LogP contribution in [0.5, 0.6) is 0 Å². The molecule has 0 atom stereocenters. The Kier molecular flexibility index (Phi) is 5.43. The molecule has 2 heterocycles. The summed E-state index contributed by atoms with van der Waals surface area (Å²) in [6, 6.07) is 19.9. The van der Waals surface area contributed by atoms with E-state index in [0.29, 0.717) is 29.0 Å². The van der Waals surface area contributed by atoms with E-state index >= 15 is 0 Å². The summed E-state index contributed by atoms with van der Waals surface area (Å²) in [6.07, 6.45) is 0.817. The van der Waals surface area contributed by atoms with Crippen LogP contribution in [0.15, 0.2) is 70.2 Å². The highest BCUT2D eigenvalue weighted by Gasteiger charge is 2.16. The standard InChI is InChI=1S/C21H20N4O2S/c1-25-20(18-13-16-9-5-6-10-17(16)27-18)23-24-21(25)28-14-19(26)22-12-11-15-7-3-2-4-8-15/h2-10,13H,11-12,14H2,1H3,(H,22,26). The number of rotatable bonds is 7. The normalized spacial score (nSPS) is 11.0. The molecular formula is C21H20N4O2S. The van der Waals surface area contributed by atoms with Gasteiger partial charge < -0.3 is 14.3 Å². The summed E-state index contributed by atoms with van der Waals surface area (Å²) in [5.74, 6) is 1.58. The number of para-hydroxylation sites is 1. The van der Waals surface area contributed by atoms with Crippen LogP contribution >= 0.6 is 11.8 Å². The zero-order valence-corrected chi connectivity index (χ0v) is 16.3. The molecule has 0 aliphatic carbocycles. The summed E-state index contributed by atoms with van der Waals surface area (Å²) in [5.41, 5.74) is 2.02. The van der Waals surface area contributed by atoms with Gasteiger partial charge >= 0.3 is 0 Å². The number of benzene rings is 2. The molecule has 0 spiro atoms. The van der Waals surface area contributed by atoms with Crippen LogP contribution in [0.3, 0.4) is 0 Å². The fourth-order valence-electron chi connectivity index (χ4n) is 2.92. The van der Waals surface area contributed by atoms with Gasteiger partial charge in [0.15, 0.2) is 16.7 Å². The fourth-order valence-corrected chi connectivity index (χ4v) is 3.66. The van der Waals surface area contributed by atoms with Gasteiger partial charge in [-0.15, -0.1) is 10.2 Å². The molecule has 0 aliphatic rings. The average Bonchev–Trinajstić information content (AvgIpc) is 3.30. The number of carbonyl (C=O) groups is 1. The predicted molar refractivity (Wildman–Crippen MR) is 110 cm³/mol. The number of thioether (sulfide) groups is 1. The first-order valence-electron chi connectivity index (χ1n) is 9.02. The molecule has 28 heavy (non-hydrogen) atoms. The zero-order valence-electron chi connectivity index (χ0n) is 15.5. The van der Waals surface area contributed by atoms with E-state index in [1.165, 1.54) is 17.3 Å². The van der Waals surface area contributed by atoms with Crippen LogP contribution in [0.4, 0.5) is 0 Å². The van der Waals surface area contributed by atoms with Crippen LogP contribution in [-0.4, -0.2) is 33.0 Å². The largest absolute Gasteiger partial charge is 0.453 e. The lowest BCUT2D eigenvalue weighted by atomic mass is 10.1. The molecule has 0 unspecified atom stereocenters. The highest BCUT2D eigenvalue weighted by atomic mass is 32.2. The maximum Gasteiger partial charge on any atom is 0.230 e. The predicted octanol–water partition coefficient (Wildman–Crippen LogP) is 3.68. The number of amides is 1. The summed E-state index contributed by atoms with van der Waals surface area (Å²) < 4.78 is 7.70. The van der Waals surface area contributed by atoms with E-state index < -0.39 is 0 Å². The third-order valence-corrected chi connectivity index (χ3v) is 5.41. The molecule has 0 radical (unpaired) electrons. The van der Waals surface area contributed by atoms with E-state index in [2.05, 4.69) is 27.6 Å². The first-order valence-corrected chi connectivity index (χ1v) is 10.0. The molecule has 4 aromatic rings. The molecule has 2 aromatic carbocycles. The minimum absolute atomic E-state index is 0.0192. The Morgan fingerprint density at radius 1 is 1.11 bits per heavy atom. The Balaban J connectivity index is 1.33. The molecule has 1 N–H and O–H groups in total. The molecule has 0 saturated heterocycles. The second kappa shape index (κ2) is 8.31. The Hall–Kier alpha value is -3.06. The van der Waals surface area contributed by atoms with Crippen LogP contribution in [0.25, 0.3) is 22.6 Å². The van der Waals surface area contributed by atoms with Crippen molar-refractivity contribution in [1.82, 2.24) is 20.1 Å². The van der Waals surface area contributed by atoms with Crippen molar-refractivity contribution in [3.05, 3.63) is 66.2 Å². The number of hydrogen-bond donors (Lipinski definition) is 1. The van der Waals surface area contributed by atoms with Gasteiger partial charge in [-0.2, -0.15) is 0 Å². The Bertz CT molecular complexity index is 1060. The second-order valence-corrected chi connectivity index (χ2v) is 7.33. The van der Waals surface area contributed by atoms with Crippen LogP contribution in [0.1, 0.15) is 5.56 Å². The third kappa shape index (κ3) is 4.09. The monoisotopic (exact) mass is 392 g/mol. The van der Waals surface area contributed by atoms with Crippen LogP contribution < -0.4 is 5.32 Å². The van der Waals surface area contributed by atoms with Gasteiger partial charge in [-0.3, -0.25) is 4.79 Å². The third-order valence-electron chi connectivity index (χ3n) is 4.39.